The molecule has 4 nitrogen and oxygen atoms in total. The number of benzene rings is 2. The summed E-state index contributed by atoms with van der Waals surface area (Å²) in [6.45, 7) is 32.6. The van der Waals surface area contributed by atoms with Crippen LogP contribution < -0.4 is 0 Å². The predicted molar refractivity (Wildman–Crippen MR) is 174 cm³/mol. The zero-order valence-electron chi connectivity index (χ0n) is 28.2. The summed E-state index contributed by atoms with van der Waals surface area (Å²) in [5.74, 6) is 1.42. The average molecular weight is 559 g/mol. The van der Waals surface area contributed by atoms with Crippen LogP contribution in [0.25, 0.3) is 0 Å². The zero-order chi connectivity index (χ0) is 30.8. The second kappa shape index (κ2) is 10.3. The Bertz CT molecular complexity index is 1180. The molecule has 0 radical (unpaired) electrons. The maximum absolute atomic E-state index is 6.31. The van der Waals surface area contributed by atoms with Gasteiger partial charge in [0.25, 0.3) is 0 Å². The van der Waals surface area contributed by atoms with E-state index in [-0.39, 0.29) is 33.7 Å². The Balaban J connectivity index is 1.66. The smallest absolute Gasteiger partial charge is 0.199 e. The molecule has 0 unspecified atom stereocenters. The van der Waals surface area contributed by atoms with Gasteiger partial charge in [-0.15, -0.1) is 0 Å². The highest BCUT2D eigenvalue weighted by molar-refractivity contribution is 6.05. The number of nitrogens with zero attached hydrogens (tertiary/aromatic N) is 2. The Labute approximate surface area is 250 Å². The highest BCUT2D eigenvalue weighted by Gasteiger charge is 2.42. The van der Waals surface area contributed by atoms with Crippen molar-refractivity contribution in [3.63, 3.8) is 0 Å². The quantitative estimate of drug-likeness (QED) is 0.375. The Morgan fingerprint density at radius 3 is 0.976 bits per heavy atom. The third-order valence-electron chi connectivity index (χ3n) is 8.52. The van der Waals surface area contributed by atoms with Crippen molar-refractivity contribution in [1.29, 1.82) is 0 Å². The fourth-order valence-corrected chi connectivity index (χ4v) is 5.28. The Morgan fingerprint density at radius 1 is 0.463 bits per heavy atom. The largest absolute Gasteiger partial charge is 0.478 e. The minimum atomic E-state index is -0.549. The van der Waals surface area contributed by atoms with Gasteiger partial charge in [0.05, 0.1) is 0 Å². The minimum absolute atomic E-state index is 0.0386. The summed E-state index contributed by atoms with van der Waals surface area (Å²) in [5.41, 5.74) is 7.44. The lowest BCUT2D eigenvalue weighted by atomic mass is 9.79. The van der Waals surface area contributed by atoms with E-state index in [0.717, 1.165) is 0 Å². The summed E-state index contributed by atoms with van der Waals surface area (Å²) in [6, 6.07) is 13.9. The van der Waals surface area contributed by atoms with Crippen LogP contribution in [0.1, 0.15) is 142 Å². The number of rotatable bonds is 4. The molecule has 0 spiro atoms. The third-order valence-corrected chi connectivity index (χ3v) is 8.52. The maximum Gasteiger partial charge on any atom is 0.199 e. The van der Waals surface area contributed by atoms with Gasteiger partial charge in [0.15, 0.2) is 11.8 Å². The fourth-order valence-electron chi connectivity index (χ4n) is 5.28. The fraction of sp³-hybridized carbons (Fsp3) is 0.622. The highest BCUT2D eigenvalue weighted by atomic mass is 16.5. The molecule has 0 saturated heterocycles. The topological polar surface area (TPSA) is 43.2 Å². The molecule has 2 aromatic rings. The van der Waals surface area contributed by atoms with Crippen molar-refractivity contribution >= 4 is 11.8 Å². The lowest BCUT2D eigenvalue weighted by Gasteiger charge is -2.26. The van der Waals surface area contributed by atoms with Gasteiger partial charge in [0.1, 0.15) is 30.7 Å². The van der Waals surface area contributed by atoms with E-state index in [0.29, 0.717) is 25.0 Å². The van der Waals surface area contributed by atoms with Crippen LogP contribution >= 0.6 is 0 Å². The molecule has 2 heterocycles. The number of ether oxygens (including phenoxy) is 2. The molecule has 224 valence electrons. The molecule has 2 aliphatic rings. The van der Waals surface area contributed by atoms with Crippen molar-refractivity contribution in [2.24, 2.45) is 15.4 Å². The van der Waals surface area contributed by atoms with Gasteiger partial charge >= 0.3 is 0 Å². The van der Waals surface area contributed by atoms with E-state index >= 15 is 0 Å². The second-order valence-corrected chi connectivity index (χ2v) is 16.8. The van der Waals surface area contributed by atoms with Crippen LogP contribution in [0.3, 0.4) is 0 Å². The van der Waals surface area contributed by atoms with E-state index < -0.39 is 5.41 Å². The third kappa shape index (κ3) is 6.73. The molecule has 0 N–H and O–H groups in total. The zero-order valence-corrected chi connectivity index (χ0v) is 28.2. The Hall–Kier alpha value is -2.62. The van der Waals surface area contributed by atoms with Gasteiger partial charge in [-0.2, -0.15) is 0 Å². The molecule has 4 heteroatoms. The maximum atomic E-state index is 6.31. The predicted octanol–water partition coefficient (Wildman–Crippen LogP) is 9.54. The van der Waals surface area contributed by atoms with Gasteiger partial charge in [-0.1, -0.05) is 119 Å². The molecule has 2 atom stereocenters. The lowest BCUT2D eigenvalue weighted by molar-refractivity contribution is 0.264. The first-order chi connectivity index (χ1) is 18.6. The highest BCUT2D eigenvalue weighted by Crippen LogP contribution is 2.39. The van der Waals surface area contributed by atoms with E-state index in [9.17, 15) is 0 Å². The van der Waals surface area contributed by atoms with Gasteiger partial charge in [0.2, 0.25) is 0 Å². The molecular formula is C37H54N2O2. The van der Waals surface area contributed by atoms with E-state index in [1.807, 2.05) is 0 Å². The molecule has 41 heavy (non-hydrogen) atoms. The van der Waals surface area contributed by atoms with Gasteiger partial charge in [-0.25, -0.2) is 9.98 Å². The molecule has 0 aliphatic carbocycles. The van der Waals surface area contributed by atoms with Crippen molar-refractivity contribution in [3.05, 3.63) is 69.8 Å². The Morgan fingerprint density at radius 2 is 0.732 bits per heavy atom. The SMILES string of the molecule is CC(C)(C1=N[C@@H](c2cc(C(C)(C)C)cc(C(C)(C)C)c2)CO1)C1=N[C@@H](c2cc(C(C)(C)C)cc(C(C)(C)C)c2)CO1. The summed E-state index contributed by atoms with van der Waals surface area (Å²) in [6.07, 6.45) is 0. The van der Waals surface area contributed by atoms with Crippen molar-refractivity contribution in [2.75, 3.05) is 13.2 Å². The van der Waals surface area contributed by atoms with Crippen LogP contribution in [0.2, 0.25) is 0 Å². The molecule has 2 aliphatic heterocycles. The van der Waals surface area contributed by atoms with Gasteiger partial charge < -0.3 is 9.47 Å². The summed E-state index contributed by atoms with van der Waals surface area (Å²) >= 11 is 0. The monoisotopic (exact) mass is 558 g/mol. The Kier molecular flexibility index (Phi) is 7.85. The van der Waals surface area contributed by atoms with Crippen LogP contribution in [-0.2, 0) is 31.1 Å². The normalized spacial score (nSPS) is 20.4. The van der Waals surface area contributed by atoms with E-state index in [1.165, 1.54) is 33.4 Å². The van der Waals surface area contributed by atoms with Crippen molar-refractivity contribution in [2.45, 2.75) is 131 Å². The van der Waals surface area contributed by atoms with Gasteiger partial charge in [-0.05, 0) is 68.9 Å². The van der Waals surface area contributed by atoms with Crippen molar-refractivity contribution in [1.82, 2.24) is 0 Å². The van der Waals surface area contributed by atoms with Gasteiger partial charge in [0, 0.05) is 0 Å². The lowest BCUT2D eigenvalue weighted by Crippen LogP contribution is -2.34. The minimum Gasteiger partial charge on any atom is -0.478 e. The molecule has 0 saturated carbocycles. The number of hydrogen-bond donors (Lipinski definition) is 0. The molecule has 0 aromatic heterocycles. The van der Waals surface area contributed by atoms with E-state index in [2.05, 4.69) is 133 Å². The standard InChI is InChI=1S/C37H54N2O2/c1-33(2,3)25-15-23(16-26(19-25)34(4,5)6)29-21-40-31(38-29)37(13,14)32-39-30(22-41-32)24-17-27(35(7,8)9)20-28(18-24)36(10,11)12/h15-20,29-30H,21-22H2,1-14H3/t29-,30-/m1/s1. The second-order valence-electron chi connectivity index (χ2n) is 16.8. The molecule has 2 aromatic carbocycles. The first kappa shape index (κ1) is 31.3. The van der Waals surface area contributed by atoms with Crippen LogP contribution in [0.4, 0.5) is 0 Å². The van der Waals surface area contributed by atoms with Crippen LogP contribution in [0.15, 0.2) is 46.4 Å². The first-order valence-corrected chi connectivity index (χ1v) is 15.3. The molecule has 0 amide bonds. The molecule has 0 bridgehead atoms. The summed E-state index contributed by atoms with van der Waals surface area (Å²) in [5, 5.41) is 0. The van der Waals surface area contributed by atoms with Crippen LogP contribution in [0, 0.1) is 5.41 Å². The number of hydrogen-bond acceptors (Lipinski definition) is 4. The van der Waals surface area contributed by atoms with Crippen LogP contribution in [-0.4, -0.2) is 25.0 Å². The summed E-state index contributed by atoms with van der Waals surface area (Å²) in [4.78, 5) is 10.3. The summed E-state index contributed by atoms with van der Waals surface area (Å²) < 4.78 is 12.6. The van der Waals surface area contributed by atoms with E-state index in [4.69, 9.17) is 19.5 Å². The van der Waals surface area contributed by atoms with Gasteiger partial charge in [-0.3, -0.25) is 0 Å². The summed E-state index contributed by atoms with van der Waals surface area (Å²) in [7, 11) is 0. The molecule has 0 fully saturated rings. The van der Waals surface area contributed by atoms with Crippen LogP contribution in [0.5, 0.6) is 0 Å². The first-order valence-electron chi connectivity index (χ1n) is 15.3. The molecule has 4 rings (SSSR count). The van der Waals surface area contributed by atoms with Crippen molar-refractivity contribution < 1.29 is 9.47 Å². The van der Waals surface area contributed by atoms with Crippen molar-refractivity contribution in [3.8, 4) is 0 Å². The van der Waals surface area contributed by atoms with E-state index in [1.54, 1.807) is 0 Å². The average Bonchev–Trinajstić information content (AvgIpc) is 3.52. The number of aliphatic imine (C=N–C) groups is 2. The molecular weight excluding hydrogens is 504 g/mol.